The van der Waals surface area contributed by atoms with Crippen LogP contribution in [0, 0.1) is 5.92 Å². The Bertz CT molecular complexity index is 164. The molecule has 0 saturated carbocycles. The minimum Gasteiger partial charge on any atom is -0.463 e. The highest BCUT2D eigenvalue weighted by molar-refractivity contribution is 5.69. The van der Waals surface area contributed by atoms with Gasteiger partial charge in [0.15, 0.2) is 0 Å². The molecule has 90 valence electrons. The molecule has 0 aromatic carbocycles. The van der Waals surface area contributed by atoms with Crippen LogP contribution in [0.3, 0.4) is 0 Å². The summed E-state index contributed by atoms with van der Waals surface area (Å²) >= 11 is 0. The Hall–Kier alpha value is -0.530. The van der Waals surface area contributed by atoms with Crippen molar-refractivity contribution in [2.75, 3.05) is 0 Å². The van der Waals surface area contributed by atoms with E-state index in [9.17, 15) is 4.79 Å². The fourth-order valence-electron chi connectivity index (χ4n) is 1.52. The maximum atomic E-state index is 11.3. The van der Waals surface area contributed by atoms with E-state index in [0.29, 0.717) is 12.3 Å². The van der Waals surface area contributed by atoms with E-state index < -0.39 is 0 Å². The standard InChI is InChI=1S/C13H26O2/c1-5-6-7-8-9-12(4)15-13(14)10-11(2)3/h11-12H,5-10H2,1-4H3. The van der Waals surface area contributed by atoms with Gasteiger partial charge in [0.05, 0.1) is 6.10 Å². The van der Waals surface area contributed by atoms with Crippen LogP contribution in [-0.2, 0) is 9.53 Å². The molecule has 0 fully saturated rings. The summed E-state index contributed by atoms with van der Waals surface area (Å²) in [6, 6.07) is 0. The third-order valence-corrected chi connectivity index (χ3v) is 2.37. The molecule has 2 nitrogen and oxygen atoms in total. The van der Waals surface area contributed by atoms with Crippen molar-refractivity contribution in [3.05, 3.63) is 0 Å². The normalized spacial score (nSPS) is 12.9. The minimum atomic E-state index is -0.0482. The predicted octanol–water partition coefficient (Wildman–Crippen LogP) is 3.93. The maximum Gasteiger partial charge on any atom is 0.306 e. The number of ether oxygens (including phenoxy) is 1. The van der Waals surface area contributed by atoms with Gasteiger partial charge in [-0.2, -0.15) is 0 Å². The molecule has 2 heteroatoms. The molecule has 0 N–H and O–H groups in total. The molecule has 0 aromatic heterocycles. The van der Waals surface area contributed by atoms with Gasteiger partial charge in [0, 0.05) is 6.42 Å². The monoisotopic (exact) mass is 214 g/mol. The lowest BCUT2D eigenvalue weighted by Gasteiger charge is -2.13. The van der Waals surface area contributed by atoms with Crippen molar-refractivity contribution in [2.45, 2.75) is 72.3 Å². The van der Waals surface area contributed by atoms with Gasteiger partial charge in [-0.25, -0.2) is 0 Å². The summed E-state index contributed by atoms with van der Waals surface area (Å²) in [4.78, 5) is 11.3. The van der Waals surface area contributed by atoms with E-state index in [0.717, 1.165) is 6.42 Å². The molecular formula is C13H26O2. The SMILES string of the molecule is CCCCCCC(C)OC(=O)CC(C)C. The van der Waals surface area contributed by atoms with Crippen molar-refractivity contribution in [2.24, 2.45) is 5.92 Å². The van der Waals surface area contributed by atoms with E-state index in [1.54, 1.807) is 0 Å². The maximum absolute atomic E-state index is 11.3. The summed E-state index contributed by atoms with van der Waals surface area (Å²) in [5.41, 5.74) is 0. The van der Waals surface area contributed by atoms with Gasteiger partial charge in [-0.3, -0.25) is 4.79 Å². The van der Waals surface area contributed by atoms with Crippen molar-refractivity contribution < 1.29 is 9.53 Å². The van der Waals surface area contributed by atoms with E-state index in [2.05, 4.69) is 6.92 Å². The zero-order valence-electron chi connectivity index (χ0n) is 10.7. The smallest absolute Gasteiger partial charge is 0.306 e. The van der Waals surface area contributed by atoms with Crippen molar-refractivity contribution in [1.29, 1.82) is 0 Å². The first-order valence-electron chi connectivity index (χ1n) is 6.25. The Morgan fingerprint density at radius 3 is 2.33 bits per heavy atom. The Morgan fingerprint density at radius 1 is 1.13 bits per heavy atom. The second-order valence-corrected chi connectivity index (χ2v) is 4.75. The van der Waals surface area contributed by atoms with Crippen molar-refractivity contribution in [1.82, 2.24) is 0 Å². The number of hydrogen-bond acceptors (Lipinski definition) is 2. The molecular weight excluding hydrogens is 188 g/mol. The average molecular weight is 214 g/mol. The summed E-state index contributed by atoms with van der Waals surface area (Å²) in [6.45, 7) is 8.26. The van der Waals surface area contributed by atoms with Crippen LogP contribution in [0.15, 0.2) is 0 Å². The van der Waals surface area contributed by atoms with Gasteiger partial charge in [0.2, 0.25) is 0 Å². The van der Waals surface area contributed by atoms with Crippen molar-refractivity contribution in [3.8, 4) is 0 Å². The molecule has 0 aliphatic heterocycles. The largest absolute Gasteiger partial charge is 0.463 e. The lowest BCUT2D eigenvalue weighted by molar-refractivity contribution is -0.149. The highest BCUT2D eigenvalue weighted by Crippen LogP contribution is 2.10. The second-order valence-electron chi connectivity index (χ2n) is 4.75. The molecule has 0 radical (unpaired) electrons. The first kappa shape index (κ1) is 14.5. The van der Waals surface area contributed by atoms with Crippen LogP contribution >= 0.6 is 0 Å². The summed E-state index contributed by atoms with van der Waals surface area (Å²) < 4.78 is 5.30. The molecule has 0 bridgehead atoms. The zero-order chi connectivity index (χ0) is 11.7. The molecule has 1 atom stereocenters. The molecule has 0 aliphatic carbocycles. The topological polar surface area (TPSA) is 26.3 Å². The van der Waals surface area contributed by atoms with Crippen LogP contribution in [0.5, 0.6) is 0 Å². The fourth-order valence-corrected chi connectivity index (χ4v) is 1.52. The molecule has 0 rings (SSSR count). The van der Waals surface area contributed by atoms with Crippen LogP contribution in [0.4, 0.5) is 0 Å². The van der Waals surface area contributed by atoms with Crippen LogP contribution < -0.4 is 0 Å². The van der Waals surface area contributed by atoms with E-state index in [1.165, 1.54) is 25.7 Å². The fraction of sp³-hybridized carbons (Fsp3) is 0.923. The van der Waals surface area contributed by atoms with E-state index in [1.807, 2.05) is 20.8 Å². The summed E-state index contributed by atoms with van der Waals surface area (Å²) in [5.74, 6) is 0.345. The summed E-state index contributed by atoms with van der Waals surface area (Å²) in [7, 11) is 0. The molecule has 0 heterocycles. The molecule has 0 saturated heterocycles. The van der Waals surface area contributed by atoms with Gasteiger partial charge in [0.25, 0.3) is 0 Å². The van der Waals surface area contributed by atoms with Gasteiger partial charge in [0.1, 0.15) is 0 Å². The Balaban J connectivity index is 3.46. The van der Waals surface area contributed by atoms with Gasteiger partial charge >= 0.3 is 5.97 Å². The predicted molar refractivity (Wildman–Crippen MR) is 63.8 cm³/mol. The Labute approximate surface area is 94.4 Å². The summed E-state index contributed by atoms with van der Waals surface area (Å²) in [5, 5.41) is 0. The lowest BCUT2D eigenvalue weighted by atomic mass is 10.1. The average Bonchev–Trinajstić information content (AvgIpc) is 2.10. The highest BCUT2D eigenvalue weighted by Gasteiger charge is 2.10. The first-order chi connectivity index (χ1) is 7.06. The number of unbranched alkanes of at least 4 members (excludes halogenated alkanes) is 3. The number of hydrogen-bond donors (Lipinski definition) is 0. The summed E-state index contributed by atoms with van der Waals surface area (Å²) in [6.07, 6.45) is 6.59. The number of carbonyl (C=O) groups is 1. The van der Waals surface area contributed by atoms with Crippen LogP contribution in [-0.4, -0.2) is 12.1 Å². The molecule has 0 spiro atoms. The molecule has 0 aliphatic rings. The molecule has 15 heavy (non-hydrogen) atoms. The second kappa shape index (κ2) is 8.75. The first-order valence-corrected chi connectivity index (χ1v) is 6.25. The van der Waals surface area contributed by atoms with E-state index >= 15 is 0 Å². The van der Waals surface area contributed by atoms with Crippen molar-refractivity contribution >= 4 is 5.97 Å². The molecule has 0 amide bonds. The Kier molecular flexibility index (Phi) is 8.44. The minimum absolute atomic E-state index is 0.0482. The zero-order valence-corrected chi connectivity index (χ0v) is 10.7. The molecule has 1 unspecified atom stereocenters. The van der Waals surface area contributed by atoms with Crippen LogP contribution in [0.25, 0.3) is 0 Å². The van der Waals surface area contributed by atoms with Gasteiger partial charge in [-0.15, -0.1) is 0 Å². The van der Waals surface area contributed by atoms with Gasteiger partial charge in [-0.05, 0) is 25.7 Å². The molecule has 0 aromatic rings. The van der Waals surface area contributed by atoms with Crippen molar-refractivity contribution in [3.63, 3.8) is 0 Å². The van der Waals surface area contributed by atoms with E-state index in [4.69, 9.17) is 4.74 Å². The van der Waals surface area contributed by atoms with Crippen LogP contribution in [0.2, 0.25) is 0 Å². The third-order valence-electron chi connectivity index (χ3n) is 2.37. The van der Waals surface area contributed by atoms with E-state index in [-0.39, 0.29) is 12.1 Å². The van der Waals surface area contributed by atoms with Crippen LogP contribution in [0.1, 0.15) is 66.2 Å². The van der Waals surface area contributed by atoms with Gasteiger partial charge in [-0.1, -0.05) is 40.0 Å². The quantitative estimate of drug-likeness (QED) is 0.452. The number of carbonyl (C=O) groups excluding carboxylic acids is 1. The number of esters is 1. The Morgan fingerprint density at radius 2 is 1.80 bits per heavy atom. The van der Waals surface area contributed by atoms with Gasteiger partial charge < -0.3 is 4.74 Å². The highest BCUT2D eigenvalue weighted by atomic mass is 16.5. The lowest BCUT2D eigenvalue weighted by Crippen LogP contribution is -2.16. The number of rotatable bonds is 8. The third kappa shape index (κ3) is 9.77.